The predicted molar refractivity (Wildman–Crippen MR) is 52.7 cm³/mol. The highest BCUT2D eigenvalue weighted by atomic mass is 16.1. The van der Waals surface area contributed by atoms with E-state index in [0.29, 0.717) is 11.4 Å². The molecule has 1 fully saturated rings. The van der Waals surface area contributed by atoms with Crippen LogP contribution in [0.5, 0.6) is 0 Å². The number of carbonyl (C=O) groups is 1. The maximum atomic E-state index is 11.5. The van der Waals surface area contributed by atoms with E-state index < -0.39 is 0 Å². The number of nitrogens with zero attached hydrogens (tertiary/aromatic N) is 1. The second kappa shape index (κ2) is 3.69. The van der Waals surface area contributed by atoms with Gasteiger partial charge in [0.15, 0.2) is 0 Å². The number of hydrogen-bond acceptors (Lipinski definition) is 3. The van der Waals surface area contributed by atoms with Gasteiger partial charge in [-0.25, -0.2) is 0 Å². The second-order valence-corrected chi connectivity index (χ2v) is 3.69. The fraction of sp³-hybridized carbons (Fsp3) is 0.556. The van der Waals surface area contributed by atoms with Crippen molar-refractivity contribution in [3.05, 3.63) is 11.8 Å². The highest BCUT2D eigenvalue weighted by Gasteiger charge is 2.21. The van der Waals surface area contributed by atoms with E-state index >= 15 is 0 Å². The van der Waals surface area contributed by atoms with Gasteiger partial charge in [0.25, 0.3) is 5.91 Å². The Balaban J connectivity index is 1.79. The van der Waals surface area contributed by atoms with E-state index in [0.717, 1.165) is 18.9 Å². The minimum absolute atomic E-state index is 0.142. The summed E-state index contributed by atoms with van der Waals surface area (Å²) in [7, 11) is 0. The third kappa shape index (κ3) is 2.04. The molecule has 4 N–H and O–H groups in total. The van der Waals surface area contributed by atoms with Gasteiger partial charge < -0.3 is 11.1 Å². The number of carbonyl (C=O) groups excluding carboxylic acids is 1. The first-order valence-electron chi connectivity index (χ1n) is 4.84. The lowest BCUT2D eigenvalue weighted by molar-refractivity contribution is 0.0953. The second-order valence-electron chi connectivity index (χ2n) is 3.69. The number of nitrogens with two attached hydrogens (primary N) is 1. The summed E-state index contributed by atoms with van der Waals surface area (Å²) < 4.78 is 0. The van der Waals surface area contributed by atoms with Crippen molar-refractivity contribution in [3.63, 3.8) is 0 Å². The van der Waals surface area contributed by atoms with Gasteiger partial charge in [0.05, 0.1) is 6.20 Å². The van der Waals surface area contributed by atoms with Crippen LogP contribution >= 0.6 is 0 Å². The lowest BCUT2D eigenvalue weighted by Gasteiger charge is -2.02. The van der Waals surface area contributed by atoms with Crippen LogP contribution < -0.4 is 11.1 Å². The summed E-state index contributed by atoms with van der Waals surface area (Å²) in [6.45, 7) is 0.730. The van der Waals surface area contributed by atoms with Crippen LogP contribution in [0.4, 0.5) is 5.82 Å². The van der Waals surface area contributed by atoms with E-state index in [2.05, 4.69) is 15.5 Å². The molecule has 76 valence electrons. The van der Waals surface area contributed by atoms with E-state index in [1.165, 1.54) is 19.0 Å². The van der Waals surface area contributed by atoms with Gasteiger partial charge in [-0.3, -0.25) is 9.89 Å². The summed E-state index contributed by atoms with van der Waals surface area (Å²) in [6, 6.07) is 0. The summed E-state index contributed by atoms with van der Waals surface area (Å²) >= 11 is 0. The monoisotopic (exact) mass is 194 g/mol. The molecule has 1 aromatic heterocycles. The molecule has 0 saturated heterocycles. The van der Waals surface area contributed by atoms with E-state index in [-0.39, 0.29) is 5.91 Å². The van der Waals surface area contributed by atoms with Crippen molar-refractivity contribution in [1.82, 2.24) is 15.5 Å². The van der Waals surface area contributed by atoms with Gasteiger partial charge in [-0.1, -0.05) is 12.8 Å². The summed E-state index contributed by atoms with van der Waals surface area (Å²) in [5.74, 6) is 1.02. The average molecular weight is 194 g/mol. The van der Waals surface area contributed by atoms with Gasteiger partial charge in [0.1, 0.15) is 11.4 Å². The standard InChI is InChI=1S/C9H14N4O/c10-8-7(5-12-13-8)9(14)11-4-3-6-1-2-6/h5-6H,1-4H2,(H,11,14)(H3,10,12,13). The van der Waals surface area contributed by atoms with Crippen molar-refractivity contribution in [3.8, 4) is 0 Å². The van der Waals surface area contributed by atoms with Crippen LogP contribution in [0.25, 0.3) is 0 Å². The zero-order valence-corrected chi connectivity index (χ0v) is 7.92. The Hall–Kier alpha value is -1.52. The molecule has 1 saturated carbocycles. The molecule has 0 aliphatic heterocycles. The van der Waals surface area contributed by atoms with Crippen LogP contribution in [0.2, 0.25) is 0 Å². The summed E-state index contributed by atoms with van der Waals surface area (Å²) in [4.78, 5) is 11.5. The molecule has 0 spiro atoms. The number of hydrogen-bond donors (Lipinski definition) is 3. The number of H-pyrrole nitrogens is 1. The number of aromatic nitrogens is 2. The molecule has 0 bridgehead atoms. The van der Waals surface area contributed by atoms with Crippen LogP contribution in [0.3, 0.4) is 0 Å². The van der Waals surface area contributed by atoms with E-state index in [1.807, 2.05) is 0 Å². The third-order valence-corrected chi connectivity index (χ3v) is 2.45. The minimum Gasteiger partial charge on any atom is -0.383 e. The van der Waals surface area contributed by atoms with Gasteiger partial charge in [0, 0.05) is 6.54 Å². The van der Waals surface area contributed by atoms with Gasteiger partial charge >= 0.3 is 0 Å². The number of nitrogen functional groups attached to an aromatic ring is 1. The molecular weight excluding hydrogens is 180 g/mol. The average Bonchev–Trinajstić information content (AvgIpc) is 2.87. The zero-order valence-electron chi connectivity index (χ0n) is 7.92. The maximum Gasteiger partial charge on any atom is 0.256 e. The molecule has 0 unspecified atom stereocenters. The highest BCUT2D eigenvalue weighted by Crippen LogP contribution is 2.31. The van der Waals surface area contributed by atoms with Crippen molar-refractivity contribution in [2.24, 2.45) is 5.92 Å². The van der Waals surface area contributed by atoms with Gasteiger partial charge in [-0.05, 0) is 12.3 Å². The van der Waals surface area contributed by atoms with E-state index in [4.69, 9.17) is 5.73 Å². The quantitative estimate of drug-likeness (QED) is 0.653. The number of nitrogens with one attached hydrogen (secondary N) is 2. The molecular formula is C9H14N4O. The molecule has 1 aliphatic carbocycles. The summed E-state index contributed by atoms with van der Waals surface area (Å²) in [5, 5.41) is 9.03. The Kier molecular flexibility index (Phi) is 2.39. The molecule has 5 heteroatoms. The molecule has 1 aliphatic rings. The van der Waals surface area contributed by atoms with Crippen LogP contribution in [-0.2, 0) is 0 Å². The first-order chi connectivity index (χ1) is 6.77. The van der Waals surface area contributed by atoms with Crippen molar-refractivity contribution in [1.29, 1.82) is 0 Å². The van der Waals surface area contributed by atoms with Crippen LogP contribution in [0.1, 0.15) is 29.6 Å². The van der Waals surface area contributed by atoms with E-state index in [9.17, 15) is 4.79 Å². The molecule has 14 heavy (non-hydrogen) atoms. The number of anilines is 1. The maximum absolute atomic E-state index is 11.5. The fourth-order valence-corrected chi connectivity index (χ4v) is 1.37. The zero-order chi connectivity index (χ0) is 9.97. The first kappa shape index (κ1) is 9.05. The minimum atomic E-state index is -0.142. The Morgan fingerprint density at radius 2 is 2.50 bits per heavy atom. The molecule has 1 heterocycles. The van der Waals surface area contributed by atoms with Crippen molar-refractivity contribution < 1.29 is 4.79 Å². The lowest BCUT2D eigenvalue weighted by Crippen LogP contribution is -2.25. The molecule has 1 aromatic rings. The fourth-order valence-electron chi connectivity index (χ4n) is 1.37. The number of amides is 1. The van der Waals surface area contributed by atoms with E-state index in [1.54, 1.807) is 0 Å². The van der Waals surface area contributed by atoms with Gasteiger partial charge in [0.2, 0.25) is 0 Å². The Labute approximate surface area is 82.1 Å². The van der Waals surface area contributed by atoms with Crippen molar-refractivity contribution in [2.75, 3.05) is 12.3 Å². The topological polar surface area (TPSA) is 83.8 Å². The number of aromatic amines is 1. The SMILES string of the molecule is Nc1[nH]ncc1C(=O)NCCC1CC1. The molecule has 5 nitrogen and oxygen atoms in total. The molecule has 0 radical (unpaired) electrons. The molecule has 0 atom stereocenters. The van der Waals surface area contributed by atoms with Crippen LogP contribution in [-0.4, -0.2) is 22.6 Å². The first-order valence-corrected chi connectivity index (χ1v) is 4.84. The normalized spacial score (nSPS) is 15.4. The Bertz CT molecular complexity index is 329. The molecule has 1 amide bonds. The highest BCUT2D eigenvalue weighted by molar-refractivity contribution is 5.97. The smallest absolute Gasteiger partial charge is 0.256 e. The van der Waals surface area contributed by atoms with Crippen molar-refractivity contribution >= 4 is 11.7 Å². The largest absolute Gasteiger partial charge is 0.383 e. The molecule has 0 aromatic carbocycles. The predicted octanol–water partition coefficient (Wildman–Crippen LogP) is 0.522. The van der Waals surface area contributed by atoms with Crippen LogP contribution in [0.15, 0.2) is 6.20 Å². The lowest BCUT2D eigenvalue weighted by atomic mass is 10.2. The Morgan fingerprint density at radius 3 is 3.07 bits per heavy atom. The third-order valence-electron chi connectivity index (χ3n) is 2.45. The van der Waals surface area contributed by atoms with Crippen molar-refractivity contribution in [2.45, 2.75) is 19.3 Å². The summed E-state index contributed by atoms with van der Waals surface area (Å²) in [5.41, 5.74) is 5.94. The van der Waals surface area contributed by atoms with Crippen LogP contribution in [0, 0.1) is 5.92 Å². The van der Waals surface area contributed by atoms with Gasteiger partial charge in [-0.15, -0.1) is 0 Å². The Morgan fingerprint density at radius 1 is 1.71 bits per heavy atom. The number of rotatable bonds is 4. The summed E-state index contributed by atoms with van der Waals surface area (Å²) in [6.07, 6.45) is 5.14. The molecule has 2 rings (SSSR count). The van der Waals surface area contributed by atoms with Gasteiger partial charge in [-0.2, -0.15) is 5.10 Å².